The Kier molecular flexibility index (Phi) is 5.45. The third kappa shape index (κ3) is 3.42. The van der Waals surface area contributed by atoms with Gasteiger partial charge in [-0.2, -0.15) is 0 Å². The normalized spacial score (nSPS) is 17.6. The van der Waals surface area contributed by atoms with E-state index in [4.69, 9.17) is 9.47 Å². The van der Waals surface area contributed by atoms with Crippen LogP contribution in [0, 0.1) is 0 Å². The lowest BCUT2D eigenvalue weighted by atomic mass is 9.95. The van der Waals surface area contributed by atoms with Gasteiger partial charge in [0, 0.05) is 0 Å². The number of hydrogen-bond acceptors (Lipinski definition) is 5. The van der Waals surface area contributed by atoms with Gasteiger partial charge in [-0.15, -0.1) is 0 Å². The van der Waals surface area contributed by atoms with Gasteiger partial charge in [0.1, 0.15) is 17.3 Å². The number of aliphatic hydroxyl groups excluding tert-OH is 1. The molecule has 3 aromatic rings. The van der Waals surface area contributed by atoms with Crippen molar-refractivity contribution in [3.8, 4) is 11.5 Å². The zero-order chi connectivity index (χ0) is 22.0. The molecule has 4 rings (SSSR count). The van der Waals surface area contributed by atoms with Gasteiger partial charge in [0.15, 0.2) is 0 Å². The summed E-state index contributed by atoms with van der Waals surface area (Å²) in [5, 5.41) is 11.2. The molecule has 0 aliphatic carbocycles. The van der Waals surface area contributed by atoms with Gasteiger partial charge < -0.3 is 14.6 Å². The second kappa shape index (κ2) is 8.36. The van der Waals surface area contributed by atoms with Gasteiger partial charge in [-0.05, 0) is 29.8 Å². The molecular formula is C25H21NO5. The lowest BCUT2D eigenvalue weighted by Crippen LogP contribution is -2.29. The number of carbonyl (C=O) groups excluding carboxylic acids is 2. The average molecular weight is 415 g/mol. The maximum atomic E-state index is 13.2. The fraction of sp³-hybridized carbons (Fsp3) is 0.120. The topological polar surface area (TPSA) is 76.1 Å². The van der Waals surface area contributed by atoms with Gasteiger partial charge >= 0.3 is 0 Å². The number of rotatable bonds is 5. The van der Waals surface area contributed by atoms with Crippen LogP contribution in [-0.4, -0.2) is 31.0 Å². The molecule has 1 N–H and O–H groups in total. The smallest absolute Gasteiger partial charge is 0.300 e. The van der Waals surface area contributed by atoms with Crippen LogP contribution < -0.4 is 14.4 Å². The lowest BCUT2D eigenvalue weighted by molar-refractivity contribution is -0.132. The van der Waals surface area contributed by atoms with E-state index in [9.17, 15) is 14.7 Å². The SMILES string of the molecule is COc1ccccc1/C(O)=C1/C(=O)C(=O)N(c2ccccc2OC)C1c1ccccc1. The van der Waals surface area contributed by atoms with Crippen molar-refractivity contribution in [1.29, 1.82) is 0 Å². The highest BCUT2D eigenvalue weighted by atomic mass is 16.5. The summed E-state index contributed by atoms with van der Waals surface area (Å²) in [5.41, 5.74) is 1.46. The Hall–Kier alpha value is -4.06. The van der Waals surface area contributed by atoms with E-state index >= 15 is 0 Å². The van der Waals surface area contributed by atoms with E-state index < -0.39 is 17.7 Å². The molecule has 156 valence electrons. The number of hydrogen-bond donors (Lipinski definition) is 1. The van der Waals surface area contributed by atoms with E-state index in [2.05, 4.69) is 0 Å². The van der Waals surface area contributed by atoms with E-state index in [0.717, 1.165) is 0 Å². The Balaban J connectivity index is 1.99. The van der Waals surface area contributed by atoms with E-state index in [1.807, 2.05) is 30.3 Å². The molecule has 1 heterocycles. The van der Waals surface area contributed by atoms with Gasteiger partial charge in [-0.3, -0.25) is 14.5 Å². The van der Waals surface area contributed by atoms with Crippen LogP contribution in [0.3, 0.4) is 0 Å². The summed E-state index contributed by atoms with van der Waals surface area (Å²) in [6.07, 6.45) is 0. The molecule has 1 aliphatic heterocycles. The molecule has 1 fully saturated rings. The Morgan fingerprint density at radius 2 is 1.39 bits per heavy atom. The third-order valence-corrected chi connectivity index (χ3v) is 5.27. The fourth-order valence-electron chi connectivity index (χ4n) is 3.85. The molecule has 1 aliphatic rings. The minimum Gasteiger partial charge on any atom is -0.507 e. The zero-order valence-corrected chi connectivity index (χ0v) is 17.1. The molecule has 1 amide bonds. The van der Waals surface area contributed by atoms with Crippen LogP contribution in [0.2, 0.25) is 0 Å². The zero-order valence-electron chi connectivity index (χ0n) is 17.1. The molecule has 6 heteroatoms. The monoisotopic (exact) mass is 415 g/mol. The number of carbonyl (C=O) groups is 2. The first-order valence-corrected chi connectivity index (χ1v) is 9.70. The number of Topliss-reactive ketones (excluding diaryl/α,β-unsaturated/α-hetero) is 1. The predicted molar refractivity (Wildman–Crippen MR) is 117 cm³/mol. The Labute approximate surface area is 180 Å². The van der Waals surface area contributed by atoms with E-state index in [1.165, 1.54) is 19.1 Å². The van der Waals surface area contributed by atoms with Crippen molar-refractivity contribution < 1.29 is 24.2 Å². The Morgan fingerprint density at radius 3 is 2.06 bits per heavy atom. The van der Waals surface area contributed by atoms with Gasteiger partial charge in [0.2, 0.25) is 0 Å². The number of nitrogens with zero attached hydrogens (tertiary/aromatic N) is 1. The fourth-order valence-corrected chi connectivity index (χ4v) is 3.85. The van der Waals surface area contributed by atoms with Crippen molar-refractivity contribution in [1.82, 2.24) is 0 Å². The second-order valence-corrected chi connectivity index (χ2v) is 6.95. The van der Waals surface area contributed by atoms with Gasteiger partial charge in [0.25, 0.3) is 11.7 Å². The molecule has 1 atom stereocenters. The van der Waals surface area contributed by atoms with Crippen LogP contribution in [0.4, 0.5) is 5.69 Å². The molecule has 0 radical (unpaired) electrons. The summed E-state index contributed by atoms with van der Waals surface area (Å²) in [6, 6.07) is 22.1. The van der Waals surface area contributed by atoms with Gasteiger partial charge in [-0.1, -0.05) is 54.6 Å². The molecule has 0 saturated carbocycles. The van der Waals surface area contributed by atoms with Crippen LogP contribution in [0.15, 0.2) is 84.4 Å². The molecular weight excluding hydrogens is 394 g/mol. The largest absolute Gasteiger partial charge is 0.507 e. The van der Waals surface area contributed by atoms with Crippen LogP contribution >= 0.6 is 0 Å². The Bertz CT molecular complexity index is 1170. The molecule has 1 saturated heterocycles. The molecule has 31 heavy (non-hydrogen) atoms. The molecule has 6 nitrogen and oxygen atoms in total. The van der Waals surface area contributed by atoms with Crippen molar-refractivity contribution >= 4 is 23.1 Å². The van der Waals surface area contributed by atoms with Crippen LogP contribution in [0.5, 0.6) is 11.5 Å². The highest BCUT2D eigenvalue weighted by Gasteiger charge is 2.47. The number of ketones is 1. The molecule has 1 unspecified atom stereocenters. The molecule has 0 bridgehead atoms. The molecule has 3 aromatic carbocycles. The van der Waals surface area contributed by atoms with Gasteiger partial charge in [-0.25, -0.2) is 0 Å². The maximum absolute atomic E-state index is 13.2. The third-order valence-electron chi connectivity index (χ3n) is 5.27. The first-order chi connectivity index (χ1) is 15.1. The number of para-hydroxylation sites is 3. The van der Waals surface area contributed by atoms with Crippen molar-refractivity contribution in [3.63, 3.8) is 0 Å². The standard InChI is InChI=1S/C25H21NO5/c1-30-19-14-8-6-12-17(19)23(27)21-22(16-10-4-3-5-11-16)26(25(29)24(21)28)18-13-7-9-15-20(18)31-2/h3-15,22,27H,1-2H3/b23-21-. The quantitative estimate of drug-likeness (QED) is 0.381. The van der Waals surface area contributed by atoms with Crippen molar-refractivity contribution in [2.75, 3.05) is 19.1 Å². The van der Waals surface area contributed by atoms with Crippen molar-refractivity contribution in [2.45, 2.75) is 6.04 Å². The lowest BCUT2D eigenvalue weighted by Gasteiger charge is -2.26. The minimum absolute atomic E-state index is 0.00777. The molecule has 0 spiro atoms. The van der Waals surface area contributed by atoms with Crippen LogP contribution in [0.1, 0.15) is 17.2 Å². The summed E-state index contributed by atoms with van der Waals surface area (Å²) < 4.78 is 10.8. The Morgan fingerprint density at radius 1 is 0.806 bits per heavy atom. The van der Waals surface area contributed by atoms with Crippen molar-refractivity contribution in [2.24, 2.45) is 0 Å². The van der Waals surface area contributed by atoms with Crippen LogP contribution in [0.25, 0.3) is 5.76 Å². The summed E-state index contributed by atoms with van der Waals surface area (Å²) in [5.74, 6) is -0.960. The highest BCUT2D eigenvalue weighted by Crippen LogP contribution is 2.45. The first kappa shape index (κ1) is 20.2. The number of anilines is 1. The minimum atomic E-state index is -0.831. The maximum Gasteiger partial charge on any atom is 0.300 e. The summed E-state index contributed by atoms with van der Waals surface area (Å²) in [4.78, 5) is 27.8. The summed E-state index contributed by atoms with van der Waals surface area (Å²) in [7, 11) is 2.98. The summed E-state index contributed by atoms with van der Waals surface area (Å²) in [6.45, 7) is 0. The number of ether oxygens (including phenoxy) is 2. The number of amides is 1. The first-order valence-electron chi connectivity index (χ1n) is 9.70. The van der Waals surface area contributed by atoms with Crippen molar-refractivity contribution in [3.05, 3.63) is 95.6 Å². The van der Waals surface area contributed by atoms with Gasteiger partial charge in [0.05, 0.1) is 37.1 Å². The van der Waals surface area contributed by atoms with E-state index in [1.54, 1.807) is 48.5 Å². The van der Waals surface area contributed by atoms with Crippen LogP contribution in [-0.2, 0) is 9.59 Å². The van der Waals surface area contributed by atoms with E-state index in [-0.39, 0.29) is 11.3 Å². The average Bonchev–Trinajstić information content (AvgIpc) is 3.09. The summed E-state index contributed by atoms with van der Waals surface area (Å²) >= 11 is 0. The predicted octanol–water partition coefficient (Wildman–Crippen LogP) is 4.33. The number of benzene rings is 3. The highest BCUT2D eigenvalue weighted by molar-refractivity contribution is 6.52. The number of aliphatic hydroxyl groups is 1. The molecule has 0 aromatic heterocycles. The number of methoxy groups -OCH3 is 2. The second-order valence-electron chi connectivity index (χ2n) is 6.95. The van der Waals surface area contributed by atoms with E-state index in [0.29, 0.717) is 28.3 Å².